The highest BCUT2D eigenvalue weighted by Crippen LogP contribution is 2.42. The van der Waals surface area contributed by atoms with E-state index < -0.39 is 56.2 Å². The first-order valence-electron chi connectivity index (χ1n) is 14.7. The predicted octanol–water partition coefficient (Wildman–Crippen LogP) is 3.44. The molecule has 3 amide bonds. The second-order valence-electron chi connectivity index (χ2n) is 10.4. The maximum atomic E-state index is 13.7. The molecule has 15 heteroatoms. The fraction of sp³-hybridized carbons (Fsp3) is 0.586. The van der Waals surface area contributed by atoms with Gasteiger partial charge < -0.3 is 21.1 Å². The molecule has 2 rings (SSSR count). The number of benzene rings is 1. The summed E-state index contributed by atoms with van der Waals surface area (Å²) < 4.78 is 23.1. The number of nitrogens with zero attached hydrogens (tertiary/aromatic N) is 1. The highest BCUT2D eigenvalue weighted by Gasteiger charge is 2.32. The number of hydrogen-bond donors (Lipinski definition) is 5. The highest BCUT2D eigenvalue weighted by molar-refractivity contribution is 7.98. The molecule has 4 atom stereocenters. The molecule has 1 aromatic heterocycles. The largest absolute Gasteiger partial charge is 0.405 e. The third kappa shape index (κ3) is 13.4. The summed E-state index contributed by atoms with van der Waals surface area (Å²) in [6.07, 6.45) is 3.49. The first-order valence-corrected chi connectivity index (χ1v) is 18.5. The first kappa shape index (κ1) is 37.9. The summed E-state index contributed by atoms with van der Waals surface area (Å²) in [6, 6.07) is 6.59. The van der Waals surface area contributed by atoms with E-state index in [9.17, 15) is 24.1 Å². The number of thioether (sulfide) groups is 1. The molecule has 0 bridgehead atoms. The van der Waals surface area contributed by atoms with Gasteiger partial charge in [-0.1, -0.05) is 44.2 Å². The van der Waals surface area contributed by atoms with Gasteiger partial charge in [0.1, 0.15) is 23.2 Å². The summed E-state index contributed by atoms with van der Waals surface area (Å²) in [5, 5.41) is 24.2. The van der Waals surface area contributed by atoms with E-state index in [1.54, 1.807) is 25.4 Å². The summed E-state index contributed by atoms with van der Waals surface area (Å²) >= 11 is 2.83. The topological polar surface area (TPSA) is 168 Å². The van der Waals surface area contributed by atoms with Crippen molar-refractivity contribution in [1.82, 2.24) is 26.0 Å². The van der Waals surface area contributed by atoms with Crippen molar-refractivity contribution < 1.29 is 33.1 Å². The zero-order valence-electron chi connectivity index (χ0n) is 26.0. The van der Waals surface area contributed by atoms with E-state index in [1.807, 2.05) is 50.4 Å². The molecule has 1 heterocycles. The van der Waals surface area contributed by atoms with Crippen molar-refractivity contribution >= 4 is 48.6 Å². The highest BCUT2D eigenvalue weighted by atomic mass is 32.2. The fourth-order valence-corrected chi connectivity index (χ4v) is 6.76. The summed E-state index contributed by atoms with van der Waals surface area (Å²) in [5.41, 5.74) is 0.795. The third-order valence-corrected chi connectivity index (χ3v) is 9.58. The third-order valence-electron chi connectivity index (χ3n) is 6.35. The Balaban J connectivity index is 2.22. The predicted molar refractivity (Wildman–Crippen MR) is 174 cm³/mol. The Hall–Kier alpha value is -2.32. The van der Waals surface area contributed by atoms with E-state index in [0.717, 1.165) is 5.56 Å². The SMILES string of the molecule is CCOP(=O)(NCC(=O)N[C@@H](Cc1ccccc1)C(=O)N[C@@H](CCSC)C(=O)N[C@@H](CC(C)C)[C@@H](O)c1nccs1)OCC. The van der Waals surface area contributed by atoms with Crippen LogP contribution >= 0.6 is 30.8 Å². The molecule has 0 saturated carbocycles. The van der Waals surface area contributed by atoms with Gasteiger partial charge >= 0.3 is 7.75 Å². The molecule has 0 aliphatic heterocycles. The van der Waals surface area contributed by atoms with Gasteiger partial charge in [-0.15, -0.1) is 11.3 Å². The van der Waals surface area contributed by atoms with Crippen LogP contribution in [0.15, 0.2) is 41.9 Å². The second kappa shape index (κ2) is 19.9. The second-order valence-corrected chi connectivity index (χ2v) is 14.1. The van der Waals surface area contributed by atoms with Gasteiger partial charge in [0.15, 0.2) is 0 Å². The van der Waals surface area contributed by atoms with Crippen LogP contribution in [0, 0.1) is 5.92 Å². The minimum absolute atomic E-state index is 0.114. The molecule has 1 aromatic carbocycles. The molecule has 12 nitrogen and oxygen atoms in total. The molecule has 0 fully saturated rings. The molecule has 2 aromatic rings. The maximum Gasteiger partial charge on any atom is 0.405 e. The van der Waals surface area contributed by atoms with E-state index in [-0.39, 0.29) is 25.6 Å². The van der Waals surface area contributed by atoms with Crippen LogP contribution in [-0.4, -0.2) is 77.7 Å². The molecular weight excluding hydrogens is 625 g/mol. The van der Waals surface area contributed by atoms with Crippen molar-refractivity contribution in [3.63, 3.8) is 0 Å². The minimum atomic E-state index is -3.70. The van der Waals surface area contributed by atoms with Crippen molar-refractivity contribution in [2.45, 2.75) is 71.2 Å². The lowest BCUT2D eigenvalue weighted by Crippen LogP contribution is -2.56. The van der Waals surface area contributed by atoms with Crippen LogP contribution < -0.4 is 21.0 Å². The van der Waals surface area contributed by atoms with E-state index in [0.29, 0.717) is 23.6 Å². The number of carbonyl (C=O) groups is 3. The van der Waals surface area contributed by atoms with Crippen LogP contribution in [0.4, 0.5) is 0 Å². The molecule has 0 spiro atoms. The van der Waals surface area contributed by atoms with Gasteiger partial charge in [-0.25, -0.2) is 14.6 Å². The van der Waals surface area contributed by atoms with E-state index in [2.05, 4.69) is 26.0 Å². The zero-order chi connectivity index (χ0) is 32.5. The lowest BCUT2D eigenvalue weighted by molar-refractivity contribution is -0.132. The molecule has 44 heavy (non-hydrogen) atoms. The number of nitrogens with one attached hydrogen (secondary N) is 4. The molecule has 246 valence electrons. The monoisotopic (exact) mass is 671 g/mol. The van der Waals surface area contributed by atoms with Crippen LogP contribution in [0.5, 0.6) is 0 Å². The fourth-order valence-electron chi connectivity index (χ4n) is 4.33. The van der Waals surface area contributed by atoms with Crippen molar-refractivity contribution in [2.24, 2.45) is 5.92 Å². The lowest BCUT2D eigenvalue weighted by atomic mass is 9.98. The summed E-state index contributed by atoms with van der Waals surface area (Å²) in [5.74, 6) is -0.827. The Morgan fingerprint density at radius 1 is 1.02 bits per heavy atom. The van der Waals surface area contributed by atoms with Gasteiger partial charge in [-0.3, -0.25) is 23.4 Å². The van der Waals surface area contributed by atoms with Gasteiger partial charge in [0.2, 0.25) is 17.7 Å². The Morgan fingerprint density at radius 2 is 1.68 bits per heavy atom. The number of hydrogen-bond acceptors (Lipinski definition) is 10. The molecule has 5 N–H and O–H groups in total. The Kier molecular flexibility index (Phi) is 17.2. The number of aliphatic hydroxyl groups excluding tert-OH is 1. The number of aliphatic hydroxyl groups is 1. The van der Waals surface area contributed by atoms with Gasteiger partial charge in [0.25, 0.3) is 0 Å². The summed E-state index contributed by atoms with van der Waals surface area (Å²) in [7, 11) is -3.70. The number of rotatable bonds is 21. The molecular formula is C29H46N5O7PS2. The van der Waals surface area contributed by atoms with Gasteiger partial charge in [0.05, 0.1) is 25.8 Å². The molecule has 0 aliphatic rings. The zero-order valence-corrected chi connectivity index (χ0v) is 28.5. The van der Waals surface area contributed by atoms with Crippen molar-refractivity contribution in [1.29, 1.82) is 0 Å². The van der Waals surface area contributed by atoms with Crippen LogP contribution in [0.2, 0.25) is 0 Å². The van der Waals surface area contributed by atoms with E-state index in [4.69, 9.17) is 9.05 Å². The van der Waals surface area contributed by atoms with Crippen molar-refractivity contribution in [3.8, 4) is 0 Å². The van der Waals surface area contributed by atoms with Crippen molar-refractivity contribution in [3.05, 3.63) is 52.5 Å². The number of amides is 3. The normalized spacial score (nSPS) is 14.4. The van der Waals surface area contributed by atoms with E-state index >= 15 is 0 Å². The molecule has 0 radical (unpaired) electrons. The minimum Gasteiger partial charge on any atom is -0.384 e. The Bertz CT molecular complexity index is 1180. The standard InChI is InChI=1S/C29H46N5O7PS2/c1-6-40-42(39,41-7-2)31-19-25(35)32-24(18-21-11-9-8-10-12-21)28(38)33-22(13-15-43-5)27(37)34-23(17-20(3)4)26(36)29-30-14-16-44-29/h8-12,14,16,20,22-24,26,36H,6-7,13,15,17-19H2,1-5H3,(H,31,39)(H,32,35)(H,33,38)(H,34,37)/t22-,23-,24-,26+/m0/s1. The maximum absolute atomic E-state index is 13.7. The molecule has 0 saturated heterocycles. The van der Waals surface area contributed by atoms with Crippen LogP contribution in [0.25, 0.3) is 0 Å². The first-order chi connectivity index (χ1) is 21.0. The Labute approximate surface area is 268 Å². The van der Waals surface area contributed by atoms with Gasteiger partial charge in [-0.05, 0) is 50.2 Å². The van der Waals surface area contributed by atoms with Gasteiger partial charge in [0, 0.05) is 18.0 Å². The van der Waals surface area contributed by atoms with Crippen LogP contribution in [-0.2, 0) is 34.4 Å². The molecule has 0 aliphatic carbocycles. The average Bonchev–Trinajstić information content (AvgIpc) is 3.53. The number of thiazole rings is 1. The Morgan fingerprint density at radius 3 is 2.25 bits per heavy atom. The smallest absolute Gasteiger partial charge is 0.384 e. The van der Waals surface area contributed by atoms with Crippen LogP contribution in [0.3, 0.4) is 0 Å². The van der Waals surface area contributed by atoms with E-state index in [1.165, 1.54) is 23.1 Å². The number of aromatic nitrogens is 1. The summed E-state index contributed by atoms with van der Waals surface area (Å²) in [4.78, 5) is 44.4. The summed E-state index contributed by atoms with van der Waals surface area (Å²) in [6.45, 7) is 7.11. The molecule has 0 unspecified atom stereocenters. The quantitative estimate of drug-likeness (QED) is 0.124. The van der Waals surface area contributed by atoms with Gasteiger partial charge in [-0.2, -0.15) is 11.8 Å². The average molecular weight is 672 g/mol. The number of carbonyl (C=O) groups excluding carboxylic acids is 3. The van der Waals surface area contributed by atoms with Crippen molar-refractivity contribution in [2.75, 3.05) is 31.8 Å². The van der Waals surface area contributed by atoms with Crippen LogP contribution in [0.1, 0.15) is 57.2 Å². The lowest BCUT2D eigenvalue weighted by Gasteiger charge is -2.28.